The van der Waals surface area contributed by atoms with Gasteiger partial charge in [0.1, 0.15) is 19.8 Å². The van der Waals surface area contributed by atoms with E-state index in [0.29, 0.717) is 17.4 Å². The Kier molecular flexibility index (Phi) is 62.8. The summed E-state index contributed by atoms with van der Waals surface area (Å²) in [6.45, 7) is 4.31. The molecule has 0 heterocycles. The van der Waals surface area contributed by atoms with Crippen LogP contribution in [-0.4, -0.2) is 70.0 Å². The Morgan fingerprint density at radius 3 is 0.963 bits per heavy atom. The number of allylic oxidation sites excluding steroid dienone is 4. The Morgan fingerprint density at radius 2 is 0.659 bits per heavy atom. The van der Waals surface area contributed by atoms with E-state index in [1.54, 1.807) is 0 Å². The van der Waals surface area contributed by atoms with Crippen LogP contribution in [0.5, 0.6) is 0 Å². The molecular weight excluding hydrogens is 1040 g/mol. The van der Waals surface area contributed by atoms with Gasteiger partial charge in [0.25, 0.3) is 7.82 Å². The summed E-state index contributed by atoms with van der Waals surface area (Å²) < 4.78 is 34.4. The number of phosphoric acid groups is 1. The highest BCUT2D eigenvalue weighted by Crippen LogP contribution is 2.38. The van der Waals surface area contributed by atoms with Crippen LogP contribution in [-0.2, 0) is 32.7 Å². The van der Waals surface area contributed by atoms with E-state index in [0.717, 1.165) is 38.5 Å². The summed E-state index contributed by atoms with van der Waals surface area (Å²) in [4.78, 5) is 38.1. The zero-order chi connectivity index (χ0) is 59.8. The first-order valence-electron chi connectivity index (χ1n) is 36.0. The quantitative estimate of drug-likeness (QED) is 0.0195. The van der Waals surface area contributed by atoms with Crippen molar-refractivity contribution in [1.29, 1.82) is 0 Å². The summed E-state index contributed by atoms with van der Waals surface area (Å²) in [7, 11) is 1.19. The van der Waals surface area contributed by atoms with Gasteiger partial charge in [0.2, 0.25) is 0 Å². The molecular formula is C72H140NO8P. The smallest absolute Gasteiger partial charge is 0.306 e. The van der Waals surface area contributed by atoms with Crippen LogP contribution in [0.15, 0.2) is 24.3 Å². The summed E-state index contributed by atoms with van der Waals surface area (Å²) in [5.41, 5.74) is 0. The van der Waals surface area contributed by atoms with Crippen molar-refractivity contribution in [2.75, 3.05) is 47.5 Å². The van der Waals surface area contributed by atoms with Crippen molar-refractivity contribution in [3.05, 3.63) is 24.3 Å². The molecule has 0 bridgehead atoms. The van der Waals surface area contributed by atoms with Gasteiger partial charge >= 0.3 is 11.9 Å². The average Bonchev–Trinajstić information content (AvgIpc) is 3.45. The largest absolute Gasteiger partial charge is 0.756 e. The molecule has 10 heteroatoms. The topological polar surface area (TPSA) is 111 Å². The second kappa shape index (κ2) is 64.0. The molecule has 0 amide bonds. The van der Waals surface area contributed by atoms with Gasteiger partial charge in [-0.3, -0.25) is 14.2 Å². The lowest BCUT2D eigenvalue weighted by atomic mass is 10.0. The number of nitrogens with zero attached hydrogens (tertiary/aromatic N) is 1. The van der Waals surface area contributed by atoms with Crippen LogP contribution >= 0.6 is 7.82 Å². The fourth-order valence-electron chi connectivity index (χ4n) is 10.9. The molecule has 0 N–H and O–H groups in total. The maximum atomic E-state index is 12.9. The highest BCUT2D eigenvalue weighted by molar-refractivity contribution is 7.45. The number of quaternary nitrogens is 1. The summed E-state index contributed by atoms with van der Waals surface area (Å²) in [6, 6.07) is 0. The number of ether oxygens (including phenoxy) is 2. The fraction of sp³-hybridized carbons (Fsp3) is 0.917. The van der Waals surface area contributed by atoms with E-state index in [1.165, 1.54) is 302 Å². The van der Waals surface area contributed by atoms with Gasteiger partial charge in [-0.1, -0.05) is 340 Å². The number of rotatable bonds is 68. The highest BCUT2D eigenvalue weighted by Gasteiger charge is 2.22. The predicted octanol–water partition coefficient (Wildman–Crippen LogP) is 22.6. The minimum absolute atomic E-state index is 0.0270. The SMILES string of the molecule is CCCCCCC/C=C\C/C=C\CCCCCCCCCCCCCCCCCCCC(=O)OC(COC(=O)CCCCCCCCCCCCCCCCCCCCCCCCCCCCCCC)COP(=O)([O-])OCC[N+](C)(C)C. The third-order valence-corrected chi connectivity index (χ3v) is 17.4. The second-order valence-electron chi connectivity index (χ2n) is 26.0. The van der Waals surface area contributed by atoms with Crippen LogP contribution in [0.25, 0.3) is 0 Å². The Morgan fingerprint density at radius 1 is 0.378 bits per heavy atom. The van der Waals surface area contributed by atoms with Gasteiger partial charge < -0.3 is 27.9 Å². The summed E-state index contributed by atoms with van der Waals surface area (Å²) >= 11 is 0. The molecule has 0 aliphatic carbocycles. The molecule has 2 atom stereocenters. The molecule has 0 aromatic heterocycles. The molecule has 2 unspecified atom stereocenters. The van der Waals surface area contributed by atoms with Gasteiger partial charge in [0.05, 0.1) is 27.7 Å². The van der Waals surface area contributed by atoms with E-state index < -0.39 is 26.5 Å². The van der Waals surface area contributed by atoms with Crippen molar-refractivity contribution in [3.8, 4) is 0 Å². The van der Waals surface area contributed by atoms with Crippen LogP contribution in [0.2, 0.25) is 0 Å². The normalized spacial score (nSPS) is 13.2. The summed E-state index contributed by atoms with van der Waals surface area (Å²) in [6.07, 6.45) is 79.8. The van der Waals surface area contributed by atoms with Gasteiger partial charge in [-0.2, -0.15) is 0 Å². The van der Waals surface area contributed by atoms with Crippen LogP contribution in [0.3, 0.4) is 0 Å². The Balaban J connectivity index is 3.98. The van der Waals surface area contributed by atoms with Gasteiger partial charge in [-0.05, 0) is 44.9 Å². The molecule has 486 valence electrons. The van der Waals surface area contributed by atoms with E-state index in [2.05, 4.69) is 38.2 Å². The summed E-state index contributed by atoms with van der Waals surface area (Å²) in [5, 5.41) is 0. The molecule has 0 fully saturated rings. The minimum atomic E-state index is -4.64. The average molecular weight is 1180 g/mol. The van der Waals surface area contributed by atoms with Gasteiger partial charge in [0.15, 0.2) is 6.10 Å². The first-order valence-corrected chi connectivity index (χ1v) is 37.5. The molecule has 0 saturated heterocycles. The molecule has 0 aromatic rings. The molecule has 0 aliphatic rings. The number of phosphoric ester groups is 1. The molecule has 0 saturated carbocycles. The maximum absolute atomic E-state index is 12.9. The van der Waals surface area contributed by atoms with Crippen molar-refractivity contribution in [3.63, 3.8) is 0 Å². The first kappa shape index (κ1) is 80.5. The van der Waals surface area contributed by atoms with E-state index in [-0.39, 0.29) is 32.0 Å². The Hall–Kier alpha value is -1.51. The fourth-order valence-corrected chi connectivity index (χ4v) is 11.7. The molecule has 82 heavy (non-hydrogen) atoms. The number of esters is 2. The standard InChI is InChI=1S/C72H140NO8P/c1-6-8-10-12-14-16-18-20-22-24-26-28-30-32-34-36-38-40-42-44-46-48-50-52-54-56-58-60-62-64-71(74)78-68-70(69-80-82(76,77)79-67-66-73(3,4)5)81-72(75)65-63-61-59-57-55-53-51-49-47-45-43-41-39-37-35-33-31-29-27-25-23-21-19-17-15-13-11-9-7-2/h19,21,25,27,70H,6-18,20,22-24,26,28-69H2,1-5H3/b21-19-,27-25-. The highest BCUT2D eigenvalue weighted by atomic mass is 31.2. The van der Waals surface area contributed by atoms with E-state index >= 15 is 0 Å². The monoisotopic (exact) mass is 1180 g/mol. The third-order valence-electron chi connectivity index (χ3n) is 16.5. The zero-order valence-electron chi connectivity index (χ0n) is 55.5. The van der Waals surface area contributed by atoms with Crippen LogP contribution in [0, 0.1) is 0 Å². The molecule has 0 spiro atoms. The van der Waals surface area contributed by atoms with Gasteiger partial charge in [-0.15, -0.1) is 0 Å². The van der Waals surface area contributed by atoms with E-state index in [4.69, 9.17) is 18.5 Å². The zero-order valence-corrected chi connectivity index (χ0v) is 56.4. The molecule has 0 aliphatic heterocycles. The van der Waals surface area contributed by atoms with Crippen molar-refractivity contribution >= 4 is 19.8 Å². The lowest BCUT2D eigenvalue weighted by Crippen LogP contribution is -2.37. The van der Waals surface area contributed by atoms with Crippen molar-refractivity contribution in [2.24, 2.45) is 0 Å². The third kappa shape index (κ3) is 67.6. The number of likely N-dealkylation sites (N-methyl/N-ethyl adjacent to an activating group) is 1. The first-order chi connectivity index (χ1) is 40.0. The van der Waals surface area contributed by atoms with Crippen molar-refractivity contribution < 1.29 is 42.1 Å². The maximum Gasteiger partial charge on any atom is 0.306 e. The lowest BCUT2D eigenvalue weighted by Gasteiger charge is -2.28. The van der Waals surface area contributed by atoms with Crippen molar-refractivity contribution in [1.82, 2.24) is 0 Å². The van der Waals surface area contributed by atoms with Gasteiger partial charge in [-0.25, -0.2) is 0 Å². The van der Waals surface area contributed by atoms with E-state index in [1.807, 2.05) is 21.1 Å². The molecule has 0 radical (unpaired) electrons. The van der Waals surface area contributed by atoms with Crippen LogP contribution in [0.4, 0.5) is 0 Å². The lowest BCUT2D eigenvalue weighted by molar-refractivity contribution is -0.870. The number of unbranched alkanes of at least 4 members (excludes halogenated alkanes) is 50. The number of carbonyl (C=O) groups excluding carboxylic acids is 2. The molecule has 0 rings (SSSR count). The van der Waals surface area contributed by atoms with Crippen molar-refractivity contribution in [2.45, 2.75) is 380 Å². The Bertz CT molecular complexity index is 1430. The molecule has 9 nitrogen and oxygen atoms in total. The van der Waals surface area contributed by atoms with Gasteiger partial charge in [0, 0.05) is 12.8 Å². The molecule has 0 aromatic carbocycles. The second-order valence-corrected chi connectivity index (χ2v) is 27.4. The van der Waals surface area contributed by atoms with Crippen LogP contribution < -0.4 is 4.89 Å². The minimum Gasteiger partial charge on any atom is -0.756 e. The van der Waals surface area contributed by atoms with E-state index in [9.17, 15) is 19.0 Å². The van der Waals surface area contributed by atoms with Crippen LogP contribution in [0.1, 0.15) is 373 Å². The predicted molar refractivity (Wildman–Crippen MR) is 351 cm³/mol. The number of hydrogen-bond donors (Lipinski definition) is 0. The summed E-state index contributed by atoms with van der Waals surface area (Å²) in [5.74, 6) is -0.809. The Labute approximate surface area is 510 Å². The number of carbonyl (C=O) groups is 2. The number of hydrogen-bond acceptors (Lipinski definition) is 8.